The summed E-state index contributed by atoms with van der Waals surface area (Å²) in [4.78, 5) is 2.33. The van der Waals surface area contributed by atoms with E-state index in [1.807, 2.05) is 0 Å². The highest BCUT2D eigenvalue weighted by Crippen LogP contribution is 2.51. The van der Waals surface area contributed by atoms with Crippen molar-refractivity contribution in [1.29, 1.82) is 0 Å². The van der Waals surface area contributed by atoms with Gasteiger partial charge in [-0.3, -0.25) is 0 Å². The molecule has 1 aliphatic rings. The minimum atomic E-state index is 0.149. The van der Waals surface area contributed by atoms with Gasteiger partial charge in [0.15, 0.2) is 0 Å². The highest BCUT2D eigenvalue weighted by molar-refractivity contribution is 6.12. The zero-order chi connectivity index (χ0) is 25.1. The van der Waals surface area contributed by atoms with Crippen molar-refractivity contribution in [1.82, 2.24) is 0 Å². The lowest BCUT2D eigenvalue weighted by Crippen LogP contribution is -2.10. The first-order chi connectivity index (χ1) is 18.0. The van der Waals surface area contributed by atoms with Crippen LogP contribution in [-0.4, -0.2) is 0 Å². The third-order valence-electron chi connectivity index (χ3n) is 7.67. The Morgan fingerprint density at radius 2 is 0.865 bits per heavy atom. The molecule has 0 N–H and O–H groups in total. The average molecular weight is 476 g/mol. The number of rotatable bonds is 3. The Labute approximate surface area is 218 Å². The van der Waals surface area contributed by atoms with Crippen molar-refractivity contribution in [2.24, 2.45) is 0 Å². The minimum Gasteiger partial charge on any atom is -0.310 e. The molecule has 178 valence electrons. The fraction of sp³-hybridized carbons (Fsp3) is 0.111. The molecular formula is C36H29N. The monoisotopic (exact) mass is 475 g/mol. The van der Waals surface area contributed by atoms with Crippen LogP contribution in [0.2, 0.25) is 0 Å². The maximum atomic E-state index is 2.38. The zero-order valence-electron chi connectivity index (χ0n) is 21.5. The minimum absolute atomic E-state index is 0.149. The highest BCUT2D eigenvalue weighted by atomic mass is 15.1. The van der Waals surface area contributed by atoms with E-state index in [4.69, 9.17) is 0 Å². The van der Waals surface area contributed by atoms with Gasteiger partial charge in [-0.25, -0.2) is 0 Å². The van der Waals surface area contributed by atoms with E-state index >= 15 is 0 Å². The molecular weight excluding hydrogens is 446 g/mol. The summed E-state index contributed by atoms with van der Waals surface area (Å²) in [7, 11) is 0. The van der Waals surface area contributed by atoms with Crippen molar-refractivity contribution < 1.29 is 0 Å². The van der Waals surface area contributed by atoms with Gasteiger partial charge in [0.25, 0.3) is 0 Å². The average Bonchev–Trinajstić information content (AvgIpc) is 2.92. The van der Waals surface area contributed by atoms with E-state index in [-0.39, 0.29) is 5.41 Å². The van der Waals surface area contributed by atoms with Crippen LogP contribution in [0.15, 0.2) is 121 Å². The second-order valence-electron chi connectivity index (χ2n) is 11.1. The van der Waals surface area contributed by atoms with Crippen LogP contribution >= 0.6 is 0 Å². The smallest absolute Gasteiger partial charge is 0.0468 e. The Morgan fingerprint density at radius 1 is 0.405 bits per heavy atom. The highest BCUT2D eigenvalue weighted by Gasteiger charge is 2.24. The second-order valence-corrected chi connectivity index (χ2v) is 11.1. The SMILES string of the molecule is CC(C)(C)c1ccc2cc3c(cc2c1)-c1cc2ccc(N(c4ccccc4)c4ccccc4)cc2cc1-3. The van der Waals surface area contributed by atoms with E-state index in [0.29, 0.717) is 0 Å². The predicted octanol–water partition coefficient (Wildman–Crippen LogP) is 10.4. The molecule has 37 heavy (non-hydrogen) atoms. The van der Waals surface area contributed by atoms with E-state index in [9.17, 15) is 0 Å². The maximum Gasteiger partial charge on any atom is 0.0468 e. The van der Waals surface area contributed by atoms with Gasteiger partial charge in [-0.15, -0.1) is 0 Å². The standard InChI is InChI=1S/C36H29N/c1-36(2,3)28-16-14-24-20-32-34(22-26(24)18-28)33-21-25-15-17-31(19-27(25)23-35(32)33)37(29-10-6-4-7-11-29)30-12-8-5-9-13-30/h4-23H,1-3H3. The first-order valence-corrected chi connectivity index (χ1v) is 13.0. The topological polar surface area (TPSA) is 3.24 Å². The summed E-state index contributed by atoms with van der Waals surface area (Å²) in [5.41, 5.74) is 10.5. The molecule has 0 saturated carbocycles. The van der Waals surface area contributed by atoms with Crippen molar-refractivity contribution in [3.63, 3.8) is 0 Å². The third kappa shape index (κ3) is 3.62. The number of hydrogen-bond donors (Lipinski definition) is 0. The lowest BCUT2D eigenvalue weighted by atomic mass is 9.77. The van der Waals surface area contributed by atoms with Crippen LogP contribution in [0.25, 0.3) is 43.8 Å². The van der Waals surface area contributed by atoms with Gasteiger partial charge in [0.1, 0.15) is 0 Å². The first-order valence-electron chi connectivity index (χ1n) is 13.0. The number of para-hydroxylation sites is 2. The lowest BCUT2D eigenvalue weighted by molar-refractivity contribution is 0.591. The number of nitrogens with zero attached hydrogens (tertiary/aromatic N) is 1. The van der Waals surface area contributed by atoms with Gasteiger partial charge in [0.05, 0.1) is 0 Å². The third-order valence-corrected chi connectivity index (χ3v) is 7.67. The lowest BCUT2D eigenvalue weighted by Gasteiger charge is -2.28. The Balaban J connectivity index is 1.34. The van der Waals surface area contributed by atoms with Crippen molar-refractivity contribution in [2.45, 2.75) is 26.2 Å². The molecule has 0 radical (unpaired) electrons. The molecule has 6 aromatic carbocycles. The summed E-state index contributed by atoms with van der Waals surface area (Å²) in [5, 5.41) is 5.18. The predicted molar refractivity (Wildman–Crippen MR) is 159 cm³/mol. The molecule has 0 amide bonds. The summed E-state index contributed by atoms with van der Waals surface area (Å²) >= 11 is 0. The summed E-state index contributed by atoms with van der Waals surface area (Å²) in [5.74, 6) is 0. The Bertz CT molecular complexity index is 1750. The fourth-order valence-electron chi connectivity index (χ4n) is 5.62. The molecule has 0 bridgehead atoms. The summed E-state index contributed by atoms with van der Waals surface area (Å²) in [6, 6.07) is 44.4. The van der Waals surface area contributed by atoms with Gasteiger partial charge in [-0.1, -0.05) is 81.4 Å². The van der Waals surface area contributed by atoms with Gasteiger partial charge in [0, 0.05) is 17.1 Å². The van der Waals surface area contributed by atoms with Crippen LogP contribution in [0.3, 0.4) is 0 Å². The van der Waals surface area contributed by atoms with Gasteiger partial charge in [-0.05, 0) is 115 Å². The van der Waals surface area contributed by atoms with Crippen molar-refractivity contribution in [3.05, 3.63) is 127 Å². The van der Waals surface area contributed by atoms with Crippen LogP contribution < -0.4 is 4.90 Å². The molecule has 0 aromatic heterocycles. The number of hydrogen-bond acceptors (Lipinski definition) is 1. The number of benzene rings is 6. The number of anilines is 3. The molecule has 1 nitrogen and oxygen atoms in total. The fourth-order valence-corrected chi connectivity index (χ4v) is 5.62. The molecule has 0 fully saturated rings. The molecule has 6 aromatic rings. The van der Waals surface area contributed by atoms with Crippen molar-refractivity contribution >= 4 is 38.6 Å². The van der Waals surface area contributed by atoms with E-state index < -0.39 is 0 Å². The molecule has 0 unspecified atom stereocenters. The molecule has 0 spiro atoms. The Kier molecular flexibility index (Phi) is 4.78. The van der Waals surface area contributed by atoms with Crippen LogP contribution in [0.5, 0.6) is 0 Å². The molecule has 0 aliphatic heterocycles. The molecule has 7 rings (SSSR count). The van der Waals surface area contributed by atoms with Crippen LogP contribution in [0.1, 0.15) is 26.3 Å². The van der Waals surface area contributed by atoms with Crippen molar-refractivity contribution in [2.75, 3.05) is 4.90 Å². The van der Waals surface area contributed by atoms with Gasteiger partial charge in [0.2, 0.25) is 0 Å². The van der Waals surface area contributed by atoms with Gasteiger partial charge < -0.3 is 4.90 Å². The first kappa shape index (κ1) is 21.9. The van der Waals surface area contributed by atoms with Crippen LogP contribution in [-0.2, 0) is 5.41 Å². The Morgan fingerprint density at radius 3 is 1.38 bits per heavy atom. The maximum absolute atomic E-state index is 2.38. The molecule has 1 aliphatic carbocycles. The number of fused-ring (bicyclic) bond motifs is 6. The largest absolute Gasteiger partial charge is 0.310 e. The Hall–Kier alpha value is -4.36. The van der Waals surface area contributed by atoms with E-state index in [1.54, 1.807) is 0 Å². The quantitative estimate of drug-likeness (QED) is 0.246. The normalized spacial score (nSPS) is 12.2. The van der Waals surface area contributed by atoms with E-state index in [2.05, 4.69) is 147 Å². The van der Waals surface area contributed by atoms with Crippen LogP contribution in [0, 0.1) is 0 Å². The summed E-state index contributed by atoms with van der Waals surface area (Å²) in [6.45, 7) is 6.84. The zero-order valence-corrected chi connectivity index (χ0v) is 21.5. The summed E-state index contributed by atoms with van der Waals surface area (Å²) in [6.07, 6.45) is 0. The van der Waals surface area contributed by atoms with E-state index in [0.717, 1.165) is 17.1 Å². The molecule has 0 heterocycles. The summed E-state index contributed by atoms with van der Waals surface area (Å²) < 4.78 is 0. The van der Waals surface area contributed by atoms with Gasteiger partial charge >= 0.3 is 0 Å². The second kappa shape index (κ2) is 8.08. The molecule has 1 heteroatoms. The van der Waals surface area contributed by atoms with Gasteiger partial charge in [-0.2, -0.15) is 0 Å². The van der Waals surface area contributed by atoms with E-state index in [1.165, 1.54) is 49.4 Å². The molecule has 0 saturated heterocycles. The van der Waals surface area contributed by atoms with Crippen molar-refractivity contribution in [3.8, 4) is 22.3 Å². The molecule has 0 atom stereocenters. The van der Waals surface area contributed by atoms with Crippen LogP contribution in [0.4, 0.5) is 17.1 Å².